The van der Waals surface area contributed by atoms with Crippen LogP contribution >= 0.6 is 0 Å². The van der Waals surface area contributed by atoms with Crippen LogP contribution < -0.4 is 11.1 Å². The molecule has 4 heteroatoms. The Morgan fingerprint density at radius 2 is 1.88 bits per heavy atom. The molecule has 2 rings (SSSR count). The highest BCUT2D eigenvalue weighted by Gasteiger charge is 2.05. The fourth-order valence-electron chi connectivity index (χ4n) is 1.61. The zero-order chi connectivity index (χ0) is 12.3. The Kier molecular flexibility index (Phi) is 3.23. The second-order valence-electron chi connectivity index (χ2n) is 4.11. The van der Waals surface area contributed by atoms with E-state index in [1.807, 2.05) is 0 Å². The number of nitrogens with two attached hydrogens (primary N) is 1. The maximum atomic E-state index is 5.58. The van der Waals surface area contributed by atoms with Gasteiger partial charge in [0.25, 0.3) is 0 Å². The van der Waals surface area contributed by atoms with E-state index in [2.05, 4.69) is 53.4 Å². The van der Waals surface area contributed by atoms with Gasteiger partial charge >= 0.3 is 0 Å². The largest absolute Gasteiger partial charge is 0.382 e. The SMILES string of the molecule is Cc1ccc(C(C)Nc2cncc(N)n2)cc1. The average Bonchev–Trinajstić information content (AvgIpc) is 2.29. The molecule has 1 aromatic heterocycles. The molecule has 1 unspecified atom stereocenters. The summed E-state index contributed by atoms with van der Waals surface area (Å²) in [6.07, 6.45) is 3.20. The summed E-state index contributed by atoms with van der Waals surface area (Å²) in [6, 6.07) is 8.57. The highest BCUT2D eigenvalue weighted by Crippen LogP contribution is 2.18. The molecule has 88 valence electrons. The number of nitrogens with zero attached hydrogens (tertiary/aromatic N) is 2. The molecule has 3 N–H and O–H groups in total. The maximum absolute atomic E-state index is 5.58. The lowest BCUT2D eigenvalue weighted by Gasteiger charge is -2.14. The van der Waals surface area contributed by atoms with Crippen LogP contribution in [0.5, 0.6) is 0 Å². The predicted molar refractivity (Wildman–Crippen MR) is 69.7 cm³/mol. The molecule has 1 heterocycles. The third-order valence-electron chi connectivity index (χ3n) is 2.59. The van der Waals surface area contributed by atoms with Crippen LogP contribution in [-0.4, -0.2) is 9.97 Å². The van der Waals surface area contributed by atoms with E-state index in [0.29, 0.717) is 11.6 Å². The van der Waals surface area contributed by atoms with E-state index in [-0.39, 0.29) is 6.04 Å². The zero-order valence-electron chi connectivity index (χ0n) is 10.0. The van der Waals surface area contributed by atoms with E-state index in [0.717, 1.165) is 0 Å². The van der Waals surface area contributed by atoms with Gasteiger partial charge in [0.15, 0.2) is 0 Å². The first-order valence-electron chi connectivity index (χ1n) is 5.56. The number of hydrogen-bond donors (Lipinski definition) is 2. The van der Waals surface area contributed by atoms with E-state index in [4.69, 9.17) is 5.73 Å². The number of nitrogens with one attached hydrogen (secondary N) is 1. The van der Waals surface area contributed by atoms with Crippen molar-refractivity contribution < 1.29 is 0 Å². The van der Waals surface area contributed by atoms with Crippen LogP contribution in [0.1, 0.15) is 24.1 Å². The van der Waals surface area contributed by atoms with Crippen molar-refractivity contribution in [3.63, 3.8) is 0 Å². The molecule has 0 aliphatic heterocycles. The Labute approximate surface area is 101 Å². The van der Waals surface area contributed by atoms with Gasteiger partial charge in [0.1, 0.15) is 11.6 Å². The lowest BCUT2D eigenvalue weighted by molar-refractivity contribution is 0.871. The van der Waals surface area contributed by atoms with Crippen molar-refractivity contribution in [3.05, 3.63) is 47.8 Å². The third kappa shape index (κ3) is 2.93. The molecule has 17 heavy (non-hydrogen) atoms. The lowest BCUT2D eigenvalue weighted by atomic mass is 10.1. The van der Waals surface area contributed by atoms with Crippen molar-refractivity contribution in [2.75, 3.05) is 11.1 Å². The van der Waals surface area contributed by atoms with Crippen molar-refractivity contribution in [1.29, 1.82) is 0 Å². The molecule has 0 spiro atoms. The highest BCUT2D eigenvalue weighted by atomic mass is 15.1. The summed E-state index contributed by atoms with van der Waals surface area (Å²) in [4.78, 5) is 8.16. The van der Waals surface area contributed by atoms with Crippen molar-refractivity contribution in [3.8, 4) is 0 Å². The second-order valence-corrected chi connectivity index (χ2v) is 4.11. The summed E-state index contributed by atoms with van der Waals surface area (Å²) in [5.74, 6) is 1.11. The van der Waals surface area contributed by atoms with E-state index >= 15 is 0 Å². The van der Waals surface area contributed by atoms with Crippen molar-refractivity contribution >= 4 is 11.6 Å². The zero-order valence-corrected chi connectivity index (χ0v) is 10.0. The Balaban J connectivity index is 2.11. The van der Waals surface area contributed by atoms with Gasteiger partial charge in [0.2, 0.25) is 0 Å². The smallest absolute Gasteiger partial charge is 0.147 e. The van der Waals surface area contributed by atoms with Gasteiger partial charge in [-0.1, -0.05) is 29.8 Å². The molecule has 0 amide bonds. The van der Waals surface area contributed by atoms with Gasteiger partial charge in [0.05, 0.1) is 12.4 Å². The van der Waals surface area contributed by atoms with Crippen LogP contribution in [0.15, 0.2) is 36.7 Å². The van der Waals surface area contributed by atoms with Crippen LogP contribution in [0.25, 0.3) is 0 Å². The van der Waals surface area contributed by atoms with Crippen LogP contribution in [0.4, 0.5) is 11.6 Å². The summed E-state index contributed by atoms with van der Waals surface area (Å²) in [5.41, 5.74) is 8.04. The summed E-state index contributed by atoms with van der Waals surface area (Å²) in [7, 11) is 0. The van der Waals surface area contributed by atoms with E-state index in [9.17, 15) is 0 Å². The number of anilines is 2. The topological polar surface area (TPSA) is 63.8 Å². The summed E-state index contributed by atoms with van der Waals surface area (Å²) in [6.45, 7) is 4.15. The molecule has 0 saturated heterocycles. The van der Waals surface area contributed by atoms with Gasteiger partial charge < -0.3 is 11.1 Å². The summed E-state index contributed by atoms with van der Waals surface area (Å²) in [5, 5.41) is 3.26. The Bertz CT molecular complexity index is 493. The number of nitrogen functional groups attached to an aromatic ring is 1. The number of aromatic nitrogens is 2. The molecule has 1 aromatic carbocycles. The first-order chi connectivity index (χ1) is 8.15. The van der Waals surface area contributed by atoms with Gasteiger partial charge in [-0.15, -0.1) is 0 Å². The number of benzene rings is 1. The molecule has 0 radical (unpaired) electrons. The average molecular weight is 228 g/mol. The lowest BCUT2D eigenvalue weighted by Crippen LogP contribution is -2.08. The van der Waals surface area contributed by atoms with Crippen molar-refractivity contribution in [1.82, 2.24) is 9.97 Å². The molecule has 2 aromatic rings. The van der Waals surface area contributed by atoms with Crippen LogP contribution in [-0.2, 0) is 0 Å². The first kappa shape index (κ1) is 11.4. The quantitative estimate of drug-likeness (QED) is 0.847. The van der Waals surface area contributed by atoms with Crippen molar-refractivity contribution in [2.45, 2.75) is 19.9 Å². The third-order valence-corrected chi connectivity index (χ3v) is 2.59. The Morgan fingerprint density at radius 1 is 1.18 bits per heavy atom. The number of rotatable bonds is 3. The van der Waals surface area contributed by atoms with Crippen molar-refractivity contribution in [2.24, 2.45) is 0 Å². The molecular weight excluding hydrogens is 212 g/mol. The van der Waals surface area contributed by atoms with E-state index in [1.54, 1.807) is 6.20 Å². The summed E-state index contributed by atoms with van der Waals surface area (Å²) < 4.78 is 0. The minimum atomic E-state index is 0.173. The maximum Gasteiger partial charge on any atom is 0.147 e. The predicted octanol–water partition coefficient (Wildman–Crippen LogP) is 2.54. The monoisotopic (exact) mass is 228 g/mol. The normalized spacial score (nSPS) is 12.1. The fourth-order valence-corrected chi connectivity index (χ4v) is 1.61. The standard InChI is InChI=1S/C13H16N4/c1-9-3-5-11(6-4-9)10(2)16-13-8-15-7-12(14)17-13/h3-8,10H,1-2H3,(H3,14,16,17). The number of hydrogen-bond acceptors (Lipinski definition) is 4. The van der Waals surface area contributed by atoms with Gasteiger partial charge in [-0.3, -0.25) is 4.98 Å². The van der Waals surface area contributed by atoms with Crippen LogP contribution in [0.3, 0.4) is 0 Å². The van der Waals surface area contributed by atoms with Crippen LogP contribution in [0.2, 0.25) is 0 Å². The molecule has 0 bridgehead atoms. The molecule has 0 fully saturated rings. The minimum Gasteiger partial charge on any atom is -0.382 e. The first-order valence-corrected chi connectivity index (χ1v) is 5.56. The Hall–Kier alpha value is -2.10. The molecule has 0 saturated carbocycles. The molecule has 0 aliphatic rings. The van der Waals surface area contributed by atoms with Gasteiger partial charge in [-0.2, -0.15) is 0 Å². The molecule has 1 atom stereocenters. The van der Waals surface area contributed by atoms with Crippen LogP contribution in [0, 0.1) is 6.92 Å². The van der Waals surface area contributed by atoms with Gasteiger partial charge in [0, 0.05) is 6.04 Å². The molecule has 4 nitrogen and oxygen atoms in total. The van der Waals surface area contributed by atoms with E-state index in [1.165, 1.54) is 17.3 Å². The Morgan fingerprint density at radius 3 is 2.53 bits per heavy atom. The molecular formula is C13H16N4. The second kappa shape index (κ2) is 4.82. The summed E-state index contributed by atoms with van der Waals surface area (Å²) >= 11 is 0. The van der Waals surface area contributed by atoms with Gasteiger partial charge in [-0.05, 0) is 19.4 Å². The van der Waals surface area contributed by atoms with E-state index < -0.39 is 0 Å². The fraction of sp³-hybridized carbons (Fsp3) is 0.231. The number of aryl methyl sites for hydroxylation is 1. The molecule has 0 aliphatic carbocycles. The van der Waals surface area contributed by atoms with Gasteiger partial charge in [-0.25, -0.2) is 4.98 Å². The minimum absolute atomic E-state index is 0.173. The highest BCUT2D eigenvalue weighted by molar-refractivity contribution is 5.41.